The summed E-state index contributed by atoms with van der Waals surface area (Å²) in [7, 11) is 0. The Balaban J connectivity index is 2.15. The van der Waals surface area contributed by atoms with Crippen LogP contribution in [0.15, 0.2) is 42.5 Å². The monoisotopic (exact) mass is 305 g/mol. The van der Waals surface area contributed by atoms with Gasteiger partial charge < -0.3 is 15.5 Å². The number of hydrazine groups is 1. The maximum atomic E-state index is 12.3. The molecular weight excluding hydrogens is 290 g/mol. The van der Waals surface area contributed by atoms with Gasteiger partial charge in [-0.1, -0.05) is 11.6 Å². The first-order chi connectivity index (χ1) is 10.1. The second-order valence-corrected chi connectivity index (χ2v) is 4.68. The molecule has 5 nitrogen and oxygen atoms in total. The highest BCUT2D eigenvalue weighted by molar-refractivity contribution is 6.31. The summed E-state index contributed by atoms with van der Waals surface area (Å²) in [4.78, 5) is 12.3. The Morgan fingerprint density at radius 3 is 2.57 bits per heavy atom. The highest BCUT2D eigenvalue weighted by Gasteiger charge is 2.12. The Morgan fingerprint density at radius 2 is 1.95 bits per heavy atom. The molecule has 0 unspecified atom stereocenters. The zero-order chi connectivity index (χ0) is 15.2. The summed E-state index contributed by atoms with van der Waals surface area (Å²) in [5, 5.41) is 3.24. The zero-order valence-electron chi connectivity index (χ0n) is 11.5. The minimum Gasteiger partial charge on any atom is -0.494 e. The summed E-state index contributed by atoms with van der Waals surface area (Å²) >= 11 is 5.91. The van der Waals surface area contributed by atoms with Crippen LogP contribution >= 0.6 is 11.6 Å². The predicted octanol–water partition coefficient (Wildman–Crippen LogP) is 3.28. The van der Waals surface area contributed by atoms with Gasteiger partial charge in [-0.2, -0.15) is 0 Å². The Hall–Kier alpha value is -2.24. The third-order valence-corrected chi connectivity index (χ3v) is 3.04. The molecule has 0 saturated heterocycles. The highest BCUT2D eigenvalue weighted by atomic mass is 35.5. The van der Waals surface area contributed by atoms with Crippen LogP contribution in [0.5, 0.6) is 5.75 Å². The Labute approximate surface area is 128 Å². The van der Waals surface area contributed by atoms with Crippen molar-refractivity contribution in [3.63, 3.8) is 0 Å². The van der Waals surface area contributed by atoms with Gasteiger partial charge in [0.05, 0.1) is 17.9 Å². The minimum atomic E-state index is -0.297. The number of hydrogen-bond donors (Lipinski definition) is 3. The summed E-state index contributed by atoms with van der Waals surface area (Å²) in [5.74, 6) is 5.85. The number of nitrogens with one attached hydrogen (secondary N) is 2. The number of anilines is 2. The number of nitrogens with two attached hydrogens (primary N) is 1. The van der Waals surface area contributed by atoms with Crippen LogP contribution in [0.4, 0.5) is 11.4 Å². The van der Waals surface area contributed by atoms with E-state index in [0.717, 1.165) is 5.75 Å². The van der Waals surface area contributed by atoms with E-state index in [-0.39, 0.29) is 5.91 Å². The maximum Gasteiger partial charge on any atom is 0.257 e. The molecule has 0 heterocycles. The Kier molecular flexibility index (Phi) is 5.03. The van der Waals surface area contributed by atoms with Crippen molar-refractivity contribution in [2.75, 3.05) is 17.3 Å². The molecule has 0 aromatic heterocycles. The molecule has 21 heavy (non-hydrogen) atoms. The molecule has 6 heteroatoms. The molecule has 0 atom stereocenters. The lowest BCUT2D eigenvalue weighted by Crippen LogP contribution is -2.17. The van der Waals surface area contributed by atoms with E-state index in [1.54, 1.807) is 42.5 Å². The molecular formula is C15H16ClN3O2. The normalized spacial score (nSPS) is 10.0. The predicted molar refractivity (Wildman–Crippen MR) is 84.8 cm³/mol. The van der Waals surface area contributed by atoms with Crippen molar-refractivity contribution in [1.82, 2.24) is 0 Å². The van der Waals surface area contributed by atoms with Gasteiger partial charge in [0.1, 0.15) is 5.75 Å². The van der Waals surface area contributed by atoms with E-state index in [2.05, 4.69) is 10.7 Å². The third-order valence-electron chi connectivity index (χ3n) is 2.80. The lowest BCUT2D eigenvalue weighted by atomic mass is 10.1. The lowest BCUT2D eigenvalue weighted by molar-refractivity contribution is 0.102. The van der Waals surface area contributed by atoms with E-state index < -0.39 is 0 Å². The average molecular weight is 306 g/mol. The molecule has 0 radical (unpaired) electrons. The van der Waals surface area contributed by atoms with E-state index >= 15 is 0 Å². The molecule has 1 amide bonds. The molecule has 0 spiro atoms. The maximum absolute atomic E-state index is 12.3. The fourth-order valence-corrected chi connectivity index (χ4v) is 2.00. The molecule has 0 aliphatic heterocycles. The topological polar surface area (TPSA) is 76.4 Å². The number of amides is 1. The van der Waals surface area contributed by atoms with Gasteiger partial charge in [0, 0.05) is 10.7 Å². The third kappa shape index (κ3) is 3.87. The van der Waals surface area contributed by atoms with Crippen LogP contribution in [0.25, 0.3) is 0 Å². The molecule has 4 N–H and O–H groups in total. The number of carbonyl (C=O) groups excluding carboxylic acids is 1. The second-order valence-electron chi connectivity index (χ2n) is 4.25. The summed E-state index contributed by atoms with van der Waals surface area (Å²) < 4.78 is 5.35. The second kappa shape index (κ2) is 6.97. The van der Waals surface area contributed by atoms with Crippen molar-refractivity contribution < 1.29 is 9.53 Å². The molecule has 0 aliphatic carbocycles. The van der Waals surface area contributed by atoms with Crippen LogP contribution in [0.1, 0.15) is 17.3 Å². The summed E-state index contributed by atoms with van der Waals surface area (Å²) in [6.45, 7) is 2.51. The van der Waals surface area contributed by atoms with Crippen LogP contribution < -0.4 is 21.3 Å². The average Bonchev–Trinajstić information content (AvgIpc) is 2.49. The Bertz CT molecular complexity index is 629. The smallest absolute Gasteiger partial charge is 0.257 e. The molecule has 2 rings (SSSR count). The fraction of sp³-hybridized carbons (Fsp3) is 0.133. The fourth-order valence-electron chi connectivity index (χ4n) is 1.83. The standard InChI is InChI=1S/C15H16ClN3O2/c1-2-21-12-6-4-11(5-7-12)18-15(20)13-9-10(16)3-8-14(13)19-17/h3-9,19H,2,17H2,1H3,(H,18,20). The molecule has 0 fully saturated rings. The van der Waals surface area contributed by atoms with Gasteiger partial charge in [-0.3, -0.25) is 10.6 Å². The number of rotatable bonds is 5. The first kappa shape index (κ1) is 15.2. The number of hydrogen-bond acceptors (Lipinski definition) is 4. The number of nitrogen functional groups attached to an aromatic ring is 1. The van der Waals surface area contributed by atoms with Crippen LogP contribution in [0.3, 0.4) is 0 Å². The van der Waals surface area contributed by atoms with Gasteiger partial charge in [0.2, 0.25) is 0 Å². The Morgan fingerprint density at radius 1 is 1.24 bits per heavy atom. The molecule has 2 aromatic rings. The van der Waals surface area contributed by atoms with Crippen molar-refractivity contribution in [2.45, 2.75) is 6.92 Å². The first-order valence-electron chi connectivity index (χ1n) is 6.44. The number of benzene rings is 2. The number of halogens is 1. The number of carbonyl (C=O) groups is 1. The van der Waals surface area contributed by atoms with Gasteiger partial charge in [0.15, 0.2) is 0 Å². The summed E-state index contributed by atoms with van der Waals surface area (Å²) in [6, 6.07) is 12.0. The lowest BCUT2D eigenvalue weighted by Gasteiger charge is -2.10. The van der Waals surface area contributed by atoms with Crippen LogP contribution in [0, 0.1) is 0 Å². The van der Waals surface area contributed by atoms with Crippen molar-refractivity contribution in [1.29, 1.82) is 0 Å². The van der Waals surface area contributed by atoms with Crippen LogP contribution in [-0.2, 0) is 0 Å². The minimum absolute atomic E-state index is 0.297. The first-order valence-corrected chi connectivity index (χ1v) is 6.82. The van der Waals surface area contributed by atoms with Crippen LogP contribution in [0.2, 0.25) is 5.02 Å². The van der Waals surface area contributed by atoms with Gasteiger partial charge in [-0.05, 0) is 49.4 Å². The summed E-state index contributed by atoms with van der Waals surface area (Å²) in [5.41, 5.74) is 4.01. The molecule has 0 saturated carbocycles. The molecule has 2 aromatic carbocycles. The largest absolute Gasteiger partial charge is 0.494 e. The van der Waals surface area contributed by atoms with Gasteiger partial charge >= 0.3 is 0 Å². The molecule has 110 valence electrons. The van der Waals surface area contributed by atoms with E-state index in [0.29, 0.717) is 28.6 Å². The van der Waals surface area contributed by atoms with Gasteiger partial charge in [-0.15, -0.1) is 0 Å². The molecule has 0 bridgehead atoms. The van der Waals surface area contributed by atoms with Crippen LogP contribution in [-0.4, -0.2) is 12.5 Å². The van der Waals surface area contributed by atoms with Crippen molar-refractivity contribution in [3.8, 4) is 5.75 Å². The van der Waals surface area contributed by atoms with E-state index in [1.807, 2.05) is 6.92 Å². The molecule has 0 aliphatic rings. The zero-order valence-corrected chi connectivity index (χ0v) is 12.3. The van der Waals surface area contributed by atoms with E-state index in [9.17, 15) is 4.79 Å². The highest BCUT2D eigenvalue weighted by Crippen LogP contribution is 2.22. The van der Waals surface area contributed by atoms with Gasteiger partial charge in [0.25, 0.3) is 5.91 Å². The SMILES string of the molecule is CCOc1ccc(NC(=O)c2cc(Cl)ccc2NN)cc1. The number of ether oxygens (including phenoxy) is 1. The van der Waals surface area contributed by atoms with Gasteiger partial charge in [-0.25, -0.2) is 0 Å². The summed E-state index contributed by atoms with van der Waals surface area (Å²) in [6.07, 6.45) is 0. The van der Waals surface area contributed by atoms with Crippen molar-refractivity contribution >= 4 is 28.9 Å². The van der Waals surface area contributed by atoms with E-state index in [4.69, 9.17) is 22.2 Å². The van der Waals surface area contributed by atoms with E-state index in [1.165, 1.54) is 0 Å². The quantitative estimate of drug-likeness (QED) is 0.585. The van der Waals surface area contributed by atoms with Crippen molar-refractivity contribution in [3.05, 3.63) is 53.1 Å². The van der Waals surface area contributed by atoms with Crippen molar-refractivity contribution in [2.24, 2.45) is 5.84 Å².